The summed E-state index contributed by atoms with van der Waals surface area (Å²) in [5, 5.41) is 2.81. The number of nitrogens with one attached hydrogen (secondary N) is 1. The van der Waals surface area contributed by atoms with Crippen molar-refractivity contribution in [2.24, 2.45) is 11.7 Å². The van der Waals surface area contributed by atoms with Gasteiger partial charge in [0.15, 0.2) is 0 Å². The Labute approximate surface area is 103 Å². The molecule has 0 radical (unpaired) electrons. The standard InChI is InChI=1S/C10H22N2O3.ClH/c1-8(7-14-2)6-12-10(13)4-9(5-11)15-3;/h8-9H,4-7,11H2,1-3H3,(H,12,13);1H. The molecule has 0 aromatic carbocycles. The summed E-state index contributed by atoms with van der Waals surface area (Å²) in [6, 6.07) is 0. The number of amides is 1. The fourth-order valence-corrected chi connectivity index (χ4v) is 1.17. The van der Waals surface area contributed by atoms with E-state index in [1.54, 1.807) is 14.2 Å². The topological polar surface area (TPSA) is 73.6 Å². The van der Waals surface area contributed by atoms with Crippen LogP contribution in [0, 0.1) is 5.92 Å². The van der Waals surface area contributed by atoms with Crippen molar-refractivity contribution in [1.29, 1.82) is 0 Å². The number of halogens is 1. The lowest BCUT2D eigenvalue weighted by molar-refractivity contribution is -0.123. The summed E-state index contributed by atoms with van der Waals surface area (Å²) in [5.74, 6) is 0.285. The van der Waals surface area contributed by atoms with E-state index in [4.69, 9.17) is 15.2 Å². The number of hydrogen-bond acceptors (Lipinski definition) is 4. The number of nitrogens with two attached hydrogens (primary N) is 1. The van der Waals surface area contributed by atoms with Gasteiger partial charge in [-0.3, -0.25) is 4.79 Å². The molecular weight excluding hydrogens is 232 g/mol. The predicted octanol–water partition coefficient (Wildman–Crippen LogP) is 0.171. The molecule has 0 spiro atoms. The average molecular weight is 255 g/mol. The highest BCUT2D eigenvalue weighted by molar-refractivity contribution is 5.85. The highest BCUT2D eigenvalue weighted by atomic mass is 35.5. The molecule has 0 aromatic rings. The molecule has 5 nitrogen and oxygen atoms in total. The Morgan fingerprint density at radius 2 is 2.06 bits per heavy atom. The van der Waals surface area contributed by atoms with Crippen molar-refractivity contribution < 1.29 is 14.3 Å². The number of carbonyl (C=O) groups excluding carboxylic acids is 1. The van der Waals surface area contributed by atoms with Gasteiger partial charge in [0.1, 0.15) is 0 Å². The van der Waals surface area contributed by atoms with Gasteiger partial charge >= 0.3 is 0 Å². The molecule has 1 amide bonds. The quantitative estimate of drug-likeness (QED) is 0.648. The Kier molecular flexibility index (Phi) is 12.5. The van der Waals surface area contributed by atoms with Gasteiger partial charge in [-0.2, -0.15) is 0 Å². The van der Waals surface area contributed by atoms with Crippen LogP contribution in [0.15, 0.2) is 0 Å². The zero-order chi connectivity index (χ0) is 11.7. The van der Waals surface area contributed by atoms with Gasteiger partial charge in [-0.05, 0) is 5.92 Å². The van der Waals surface area contributed by atoms with Crippen molar-refractivity contribution in [2.75, 3.05) is 33.9 Å². The molecule has 16 heavy (non-hydrogen) atoms. The Morgan fingerprint density at radius 3 is 2.50 bits per heavy atom. The molecule has 0 fully saturated rings. The third kappa shape index (κ3) is 8.91. The summed E-state index contributed by atoms with van der Waals surface area (Å²) in [6.45, 7) is 3.64. The van der Waals surface area contributed by atoms with Crippen molar-refractivity contribution in [3.05, 3.63) is 0 Å². The second-order valence-corrected chi connectivity index (χ2v) is 3.66. The van der Waals surface area contributed by atoms with Crippen LogP contribution in [0.4, 0.5) is 0 Å². The number of ether oxygens (including phenoxy) is 2. The first-order valence-corrected chi connectivity index (χ1v) is 5.12. The lowest BCUT2D eigenvalue weighted by atomic mass is 10.2. The van der Waals surface area contributed by atoms with Crippen LogP contribution in [0.5, 0.6) is 0 Å². The minimum atomic E-state index is -0.192. The van der Waals surface area contributed by atoms with Gasteiger partial charge in [-0.25, -0.2) is 0 Å². The van der Waals surface area contributed by atoms with E-state index < -0.39 is 0 Å². The average Bonchev–Trinajstić information content (AvgIpc) is 2.23. The van der Waals surface area contributed by atoms with Crippen molar-refractivity contribution >= 4 is 18.3 Å². The number of carbonyl (C=O) groups is 1. The second kappa shape index (κ2) is 11.1. The molecule has 0 aliphatic heterocycles. The smallest absolute Gasteiger partial charge is 0.222 e. The summed E-state index contributed by atoms with van der Waals surface area (Å²) in [4.78, 5) is 11.4. The van der Waals surface area contributed by atoms with E-state index in [0.29, 0.717) is 32.0 Å². The van der Waals surface area contributed by atoms with E-state index in [2.05, 4.69) is 5.32 Å². The molecule has 3 N–H and O–H groups in total. The maximum absolute atomic E-state index is 11.4. The summed E-state index contributed by atoms with van der Waals surface area (Å²) in [6.07, 6.45) is 0.120. The summed E-state index contributed by atoms with van der Waals surface area (Å²) in [7, 11) is 3.20. The normalized spacial score (nSPS) is 13.8. The SMILES string of the molecule is COCC(C)CNC(=O)CC(CN)OC.Cl. The summed E-state index contributed by atoms with van der Waals surface area (Å²) in [5.41, 5.74) is 5.41. The lowest BCUT2D eigenvalue weighted by Gasteiger charge is -2.14. The number of rotatable bonds is 8. The van der Waals surface area contributed by atoms with Gasteiger partial charge in [0.25, 0.3) is 0 Å². The highest BCUT2D eigenvalue weighted by Crippen LogP contribution is 1.96. The molecule has 6 heteroatoms. The minimum absolute atomic E-state index is 0. The van der Waals surface area contributed by atoms with Crippen LogP contribution in [0.25, 0.3) is 0 Å². The van der Waals surface area contributed by atoms with Crippen molar-refractivity contribution in [3.63, 3.8) is 0 Å². The third-order valence-corrected chi connectivity index (χ3v) is 2.11. The molecule has 0 heterocycles. The van der Waals surface area contributed by atoms with Crippen molar-refractivity contribution in [1.82, 2.24) is 5.32 Å². The van der Waals surface area contributed by atoms with E-state index in [1.165, 1.54) is 0 Å². The molecule has 0 saturated heterocycles. The molecule has 98 valence electrons. The molecular formula is C10H23ClN2O3. The van der Waals surface area contributed by atoms with Crippen molar-refractivity contribution in [2.45, 2.75) is 19.4 Å². The molecule has 0 saturated carbocycles. The van der Waals surface area contributed by atoms with E-state index in [0.717, 1.165) is 0 Å². The third-order valence-electron chi connectivity index (χ3n) is 2.11. The van der Waals surface area contributed by atoms with Gasteiger partial charge in [-0.15, -0.1) is 12.4 Å². The summed E-state index contributed by atoms with van der Waals surface area (Å²) >= 11 is 0. The first-order chi connectivity index (χ1) is 7.13. The van der Waals surface area contributed by atoms with Gasteiger partial charge in [0, 0.05) is 27.3 Å². The first-order valence-electron chi connectivity index (χ1n) is 5.12. The van der Waals surface area contributed by atoms with Crippen LogP contribution in [-0.4, -0.2) is 45.9 Å². The van der Waals surface area contributed by atoms with Crippen LogP contribution in [0.3, 0.4) is 0 Å². The molecule has 0 bridgehead atoms. The number of methoxy groups -OCH3 is 2. The molecule has 0 aromatic heterocycles. The van der Waals surface area contributed by atoms with Crippen molar-refractivity contribution in [3.8, 4) is 0 Å². The van der Waals surface area contributed by atoms with Gasteiger partial charge < -0.3 is 20.5 Å². The van der Waals surface area contributed by atoms with E-state index >= 15 is 0 Å². The van der Waals surface area contributed by atoms with Crippen LogP contribution in [0.2, 0.25) is 0 Å². The molecule has 0 aliphatic carbocycles. The van der Waals surface area contributed by atoms with Crippen LogP contribution >= 0.6 is 12.4 Å². The zero-order valence-electron chi connectivity index (χ0n) is 10.2. The van der Waals surface area contributed by atoms with Crippen LogP contribution in [0.1, 0.15) is 13.3 Å². The lowest BCUT2D eigenvalue weighted by Crippen LogP contribution is -2.35. The van der Waals surface area contributed by atoms with Gasteiger partial charge in [0.05, 0.1) is 19.1 Å². The van der Waals surface area contributed by atoms with E-state index in [-0.39, 0.29) is 24.4 Å². The van der Waals surface area contributed by atoms with Gasteiger partial charge in [0.2, 0.25) is 5.91 Å². The Balaban J connectivity index is 0. The zero-order valence-corrected chi connectivity index (χ0v) is 11.0. The predicted molar refractivity (Wildman–Crippen MR) is 65.8 cm³/mol. The fraction of sp³-hybridized carbons (Fsp3) is 0.900. The van der Waals surface area contributed by atoms with Crippen LogP contribution in [-0.2, 0) is 14.3 Å². The monoisotopic (exact) mass is 254 g/mol. The Bertz CT molecular complexity index is 177. The largest absolute Gasteiger partial charge is 0.384 e. The van der Waals surface area contributed by atoms with Crippen LogP contribution < -0.4 is 11.1 Å². The minimum Gasteiger partial charge on any atom is -0.384 e. The maximum Gasteiger partial charge on any atom is 0.222 e. The number of hydrogen-bond donors (Lipinski definition) is 2. The fourth-order valence-electron chi connectivity index (χ4n) is 1.17. The maximum atomic E-state index is 11.4. The molecule has 0 rings (SSSR count). The first kappa shape index (κ1) is 18.0. The van der Waals surface area contributed by atoms with E-state index in [1.807, 2.05) is 6.92 Å². The van der Waals surface area contributed by atoms with Gasteiger partial charge in [-0.1, -0.05) is 6.92 Å². The molecule has 2 atom stereocenters. The Morgan fingerprint density at radius 1 is 1.44 bits per heavy atom. The molecule has 2 unspecified atom stereocenters. The molecule has 0 aliphatic rings. The van der Waals surface area contributed by atoms with E-state index in [9.17, 15) is 4.79 Å². The summed E-state index contributed by atoms with van der Waals surface area (Å²) < 4.78 is 9.98. The highest BCUT2D eigenvalue weighted by Gasteiger charge is 2.11. The Hall–Kier alpha value is -0.360. The second-order valence-electron chi connectivity index (χ2n) is 3.66.